The molecule has 0 aliphatic rings. The highest BCUT2D eigenvalue weighted by Crippen LogP contribution is 2.30. The standard InChI is InChI=1S/C10H5IN2O3S/c11-4-1-5-16-10-12-8-3-2-7(13(14)15)6-9(8)17-10/h2-3,6H,5H2. The fourth-order valence-corrected chi connectivity index (χ4v) is 2.20. The minimum atomic E-state index is -0.429. The summed E-state index contributed by atoms with van der Waals surface area (Å²) >= 11 is 3.19. The van der Waals surface area contributed by atoms with Crippen LogP contribution in [0.1, 0.15) is 0 Å². The zero-order chi connectivity index (χ0) is 12.3. The van der Waals surface area contributed by atoms with Gasteiger partial charge >= 0.3 is 0 Å². The molecule has 7 heteroatoms. The van der Waals surface area contributed by atoms with Crippen LogP contribution in [-0.4, -0.2) is 16.5 Å². The summed E-state index contributed by atoms with van der Waals surface area (Å²) in [5.74, 6) is 2.74. The second kappa shape index (κ2) is 5.29. The average molecular weight is 360 g/mol. The Kier molecular flexibility index (Phi) is 3.75. The van der Waals surface area contributed by atoms with Crippen LogP contribution in [-0.2, 0) is 0 Å². The molecule has 0 aliphatic heterocycles. The lowest BCUT2D eigenvalue weighted by Crippen LogP contribution is -1.91. The fraction of sp³-hybridized carbons (Fsp3) is 0.100. The molecule has 0 spiro atoms. The van der Waals surface area contributed by atoms with E-state index in [1.54, 1.807) is 6.07 Å². The summed E-state index contributed by atoms with van der Waals surface area (Å²) in [7, 11) is 0. The molecule has 5 nitrogen and oxygen atoms in total. The van der Waals surface area contributed by atoms with Gasteiger partial charge in [0.15, 0.2) is 6.61 Å². The maximum absolute atomic E-state index is 10.6. The van der Waals surface area contributed by atoms with Gasteiger partial charge in [0, 0.05) is 34.7 Å². The Morgan fingerprint density at radius 1 is 1.59 bits per heavy atom. The molecule has 0 fully saturated rings. The summed E-state index contributed by atoms with van der Waals surface area (Å²) in [6.07, 6.45) is 0. The third kappa shape index (κ3) is 2.83. The number of rotatable bonds is 3. The number of non-ortho nitro benzene ring substituents is 1. The molecule has 0 aliphatic carbocycles. The van der Waals surface area contributed by atoms with Crippen molar-refractivity contribution in [2.75, 3.05) is 6.61 Å². The van der Waals surface area contributed by atoms with Gasteiger partial charge in [-0.25, -0.2) is 4.98 Å². The molecule has 0 atom stereocenters. The smallest absolute Gasteiger partial charge is 0.275 e. The van der Waals surface area contributed by atoms with Crippen molar-refractivity contribution < 1.29 is 9.66 Å². The first-order chi connectivity index (χ1) is 8.20. The minimum Gasteiger partial charge on any atom is -0.457 e. The number of nitro benzene ring substituents is 1. The van der Waals surface area contributed by atoms with Gasteiger partial charge in [0.05, 0.1) is 15.1 Å². The highest BCUT2D eigenvalue weighted by Gasteiger charge is 2.10. The minimum absolute atomic E-state index is 0.0553. The Labute approximate surface area is 114 Å². The first kappa shape index (κ1) is 12.1. The third-order valence-electron chi connectivity index (χ3n) is 1.90. The number of ether oxygens (including phenoxy) is 1. The van der Waals surface area contributed by atoms with E-state index in [0.29, 0.717) is 10.7 Å². The highest BCUT2D eigenvalue weighted by atomic mass is 127. The molecule has 2 rings (SSSR count). The summed E-state index contributed by atoms with van der Waals surface area (Å²) in [6.45, 7) is 0.269. The van der Waals surface area contributed by atoms with E-state index in [2.05, 4.69) is 14.8 Å². The van der Waals surface area contributed by atoms with Crippen molar-refractivity contribution in [1.82, 2.24) is 4.98 Å². The first-order valence-electron chi connectivity index (χ1n) is 4.47. The Bertz CT molecular complexity index is 629. The molecule has 86 valence electrons. The van der Waals surface area contributed by atoms with Crippen LogP contribution in [0.5, 0.6) is 5.19 Å². The van der Waals surface area contributed by atoms with Crippen LogP contribution in [0.2, 0.25) is 0 Å². The number of benzene rings is 1. The number of nitrogens with zero attached hydrogens (tertiary/aromatic N) is 2. The van der Waals surface area contributed by atoms with E-state index >= 15 is 0 Å². The first-order valence-corrected chi connectivity index (χ1v) is 6.36. The van der Waals surface area contributed by atoms with E-state index in [9.17, 15) is 10.1 Å². The number of nitro groups is 1. The normalized spacial score (nSPS) is 9.71. The zero-order valence-corrected chi connectivity index (χ0v) is 11.3. The van der Waals surface area contributed by atoms with Crippen molar-refractivity contribution in [3.63, 3.8) is 0 Å². The molecule has 1 aromatic carbocycles. The van der Waals surface area contributed by atoms with Gasteiger partial charge in [-0.15, -0.1) is 0 Å². The molecule has 1 heterocycles. The number of hydrogen-bond acceptors (Lipinski definition) is 5. The van der Waals surface area contributed by atoms with Gasteiger partial charge in [-0.3, -0.25) is 10.1 Å². The topological polar surface area (TPSA) is 65.3 Å². The maximum Gasteiger partial charge on any atom is 0.275 e. The monoisotopic (exact) mass is 360 g/mol. The van der Waals surface area contributed by atoms with Crippen LogP contribution >= 0.6 is 33.9 Å². The number of hydrogen-bond donors (Lipinski definition) is 0. The quantitative estimate of drug-likeness (QED) is 0.365. The Morgan fingerprint density at radius 2 is 2.41 bits per heavy atom. The van der Waals surface area contributed by atoms with Crippen LogP contribution < -0.4 is 4.74 Å². The van der Waals surface area contributed by atoms with Crippen molar-refractivity contribution in [3.05, 3.63) is 28.3 Å². The Morgan fingerprint density at radius 3 is 3.12 bits per heavy atom. The van der Waals surface area contributed by atoms with E-state index in [0.717, 1.165) is 4.70 Å². The maximum atomic E-state index is 10.6. The van der Waals surface area contributed by atoms with Crippen LogP contribution in [0.4, 0.5) is 5.69 Å². The van der Waals surface area contributed by atoms with E-state index in [4.69, 9.17) is 4.74 Å². The predicted molar refractivity (Wildman–Crippen MR) is 73.6 cm³/mol. The van der Waals surface area contributed by atoms with Crippen molar-refractivity contribution in [2.24, 2.45) is 0 Å². The highest BCUT2D eigenvalue weighted by molar-refractivity contribution is 14.1. The van der Waals surface area contributed by atoms with Crippen molar-refractivity contribution in [1.29, 1.82) is 0 Å². The average Bonchev–Trinajstić information content (AvgIpc) is 2.70. The van der Waals surface area contributed by atoms with Crippen LogP contribution in [0.15, 0.2) is 18.2 Å². The molecule has 1 aromatic heterocycles. The van der Waals surface area contributed by atoms with Gasteiger partial charge in [-0.2, -0.15) is 0 Å². The lowest BCUT2D eigenvalue weighted by atomic mass is 10.3. The molecule has 0 amide bonds. The summed E-state index contributed by atoms with van der Waals surface area (Å²) < 4.78 is 8.70. The molecule has 0 radical (unpaired) electrons. The lowest BCUT2D eigenvalue weighted by molar-refractivity contribution is -0.384. The number of thiazole rings is 1. The molecule has 0 bridgehead atoms. The zero-order valence-electron chi connectivity index (χ0n) is 8.34. The molecule has 17 heavy (non-hydrogen) atoms. The summed E-state index contributed by atoms with van der Waals surface area (Å²) in [5, 5.41) is 11.1. The van der Waals surface area contributed by atoms with Crippen LogP contribution in [0, 0.1) is 20.0 Å². The fourth-order valence-electron chi connectivity index (χ4n) is 1.19. The van der Waals surface area contributed by atoms with Gasteiger partial charge in [0.1, 0.15) is 0 Å². The van der Waals surface area contributed by atoms with Crippen molar-refractivity contribution in [3.8, 4) is 15.0 Å². The molecule has 0 saturated heterocycles. The molecule has 0 unspecified atom stereocenters. The summed E-state index contributed by atoms with van der Waals surface area (Å²) in [6, 6.07) is 4.53. The van der Waals surface area contributed by atoms with Crippen LogP contribution in [0.25, 0.3) is 10.2 Å². The van der Waals surface area contributed by atoms with Crippen LogP contribution in [0.3, 0.4) is 0 Å². The number of aromatic nitrogens is 1. The van der Waals surface area contributed by atoms with Gasteiger partial charge in [-0.1, -0.05) is 17.3 Å². The SMILES string of the molecule is O=[N+]([O-])c1ccc2nc(OCC#CI)sc2c1. The van der Waals surface area contributed by atoms with E-state index in [-0.39, 0.29) is 12.3 Å². The molecule has 2 aromatic rings. The van der Waals surface area contributed by atoms with E-state index in [1.165, 1.54) is 23.5 Å². The molecular weight excluding hydrogens is 355 g/mol. The molecule has 0 saturated carbocycles. The summed E-state index contributed by atoms with van der Waals surface area (Å²) in [5.41, 5.74) is 0.748. The third-order valence-corrected chi connectivity index (χ3v) is 3.21. The molecular formula is C10H5IN2O3S. The second-order valence-corrected chi connectivity index (χ2v) is 4.48. The van der Waals surface area contributed by atoms with Gasteiger partial charge in [0.2, 0.25) is 0 Å². The van der Waals surface area contributed by atoms with Gasteiger partial charge in [-0.05, 0) is 9.99 Å². The Hall–Kier alpha value is -1.40. The second-order valence-electron chi connectivity index (χ2n) is 2.95. The summed E-state index contributed by atoms with van der Waals surface area (Å²) in [4.78, 5) is 14.4. The van der Waals surface area contributed by atoms with E-state index in [1.807, 2.05) is 22.6 Å². The van der Waals surface area contributed by atoms with Crippen molar-refractivity contribution in [2.45, 2.75) is 0 Å². The lowest BCUT2D eigenvalue weighted by Gasteiger charge is -1.91. The van der Waals surface area contributed by atoms with Gasteiger partial charge < -0.3 is 4.74 Å². The largest absolute Gasteiger partial charge is 0.457 e. The van der Waals surface area contributed by atoms with Gasteiger partial charge in [0.25, 0.3) is 10.9 Å². The van der Waals surface area contributed by atoms with Crippen molar-refractivity contribution >= 4 is 49.8 Å². The Balaban J connectivity index is 2.29. The predicted octanol–water partition coefficient (Wildman–Crippen LogP) is 2.98. The van der Waals surface area contributed by atoms with E-state index < -0.39 is 4.92 Å². The number of halogens is 1. The molecule has 0 N–H and O–H groups in total. The number of fused-ring (bicyclic) bond motifs is 1.